The van der Waals surface area contributed by atoms with Crippen LogP contribution in [0.1, 0.15) is 16.1 Å². The second-order valence-corrected chi connectivity index (χ2v) is 8.56. The van der Waals surface area contributed by atoms with Crippen LogP contribution in [0.25, 0.3) is 0 Å². The van der Waals surface area contributed by atoms with Crippen molar-refractivity contribution in [2.75, 3.05) is 44.7 Å². The standard InChI is InChI=1S/C18H22ClN3O6S/c19-15-11-16(20-12-13-2-1-7-28-13)14(18(23)24)10-17(15)29(25,26)21-3-4-22-5-8-27-9-6-22/h1-2,7,10-11,20-21H,3-6,8-9,12H2,(H,23,24). The van der Waals surface area contributed by atoms with Gasteiger partial charge in [0.2, 0.25) is 10.0 Å². The van der Waals surface area contributed by atoms with E-state index in [1.54, 1.807) is 12.1 Å². The molecule has 1 aliphatic rings. The predicted molar refractivity (Wildman–Crippen MR) is 107 cm³/mol. The minimum absolute atomic E-state index is 0.0733. The number of carbonyl (C=O) groups is 1. The number of carboxylic acid groups (broad SMARTS) is 1. The van der Waals surface area contributed by atoms with Crippen LogP contribution in [0.4, 0.5) is 5.69 Å². The van der Waals surface area contributed by atoms with Gasteiger partial charge in [-0.3, -0.25) is 4.90 Å². The summed E-state index contributed by atoms with van der Waals surface area (Å²) in [6.45, 7) is 3.64. The van der Waals surface area contributed by atoms with Crippen LogP contribution < -0.4 is 10.0 Å². The average molecular weight is 444 g/mol. The van der Waals surface area contributed by atoms with Gasteiger partial charge in [-0.1, -0.05) is 11.6 Å². The molecule has 158 valence electrons. The number of hydrogen-bond acceptors (Lipinski definition) is 7. The van der Waals surface area contributed by atoms with E-state index in [0.29, 0.717) is 25.5 Å². The lowest BCUT2D eigenvalue weighted by atomic mass is 10.1. The van der Waals surface area contributed by atoms with E-state index in [4.69, 9.17) is 20.8 Å². The van der Waals surface area contributed by atoms with E-state index in [1.165, 1.54) is 12.3 Å². The molecule has 29 heavy (non-hydrogen) atoms. The third-order valence-electron chi connectivity index (χ3n) is 4.45. The van der Waals surface area contributed by atoms with Gasteiger partial charge in [0.1, 0.15) is 10.7 Å². The van der Waals surface area contributed by atoms with Gasteiger partial charge >= 0.3 is 5.97 Å². The summed E-state index contributed by atoms with van der Waals surface area (Å²) in [6, 6.07) is 5.79. The molecule has 1 aromatic heterocycles. The fourth-order valence-corrected chi connectivity index (χ4v) is 4.49. The molecule has 2 heterocycles. The van der Waals surface area contributed by atoms with E-state index >= 15 is 0 Å². The molecule has 9 nitrogen and oxygen atoms in total. The molecule has 1 fully saturated rings. The van der Waals surface area contributed by atoms with Gasteiger partial charge < -0.3 is 19.6 Å². The van der Waals surface area contributed by atoms with Gasteiger partial charge in [-0.2, -0.15) is 0 Å². The Balaban J connectivity index is 1.73. The number of rotatable bonds is 9. The van der Waals surface area contributed by atoms with Gasteiger partial charge in [-0.15, -0.1) is 0 Å². The van der Waals surface area contributed by atoms with Crippen molar-refractivity contribution in [3.8, 4) is 0 Å². The molecule has 0 atom stereocenters. The summed E-state index contributed by atoms with van der Waals surface area (Å²) < 4.78 is 38.3. The number of morpholine rings is 1. The molecule has 3 N–H and O–H groups in total. The zero-order chi connectivity index (χ0) is 20.9. The van der Waals surface area contributed by atoms with Crippen LogP contribution in [0, 0.1) is 0 Å². The first-order valence-electron chi connectivity index (χ1n) is 8.99. The van der Waals surface area contributed by atoms with E-state index in [9.17, 15) is 18.3 Å². The molecule has 1 saturated heterocycles. The maximum atomic E-state index is 12.7. The number of anilines is 1. The first-order valence-corrected chi connectivity index (χ1v) is 10.9. The Morgan fingerprint density at radius 2 is 2.03 bits per heavy atom. The topological polar surface area (TPSA) is 121 Å². The number of carboxylic acids is 1. The number of sulfonamides is 1. The number of hydrogen-bond donors (Lipinski definition) is 3. The van der Waals surface area contributed by atoms with Crippen molar-refractivity contribution in [2.45, 2.75) is 11.4 Å². The van der Waals surface area contributed by atoms with E-state index in [-0.39, 0.29) is 34.3 Å². The van der Waals surface area contributed by atoms with Crippen molar-refractivity contribution in [2.24, 2.45) is 0 Å². The zero-order valence-electron chi connectivity index (χ0n) is 15.6. The molecule has 2 aromatic rings. The van der Waals surface area contributed by atoms with E-state index in [1.807, 2.05) is 0 Å². The third-order valence-corrected chi connectivity index (χ3v) is 6.37. The Bertz CT molecular complexity index is 943. The van der Waals surface area contributed by atoms with Gasteiger partial charge in [0.25, 0.3) is 0 Å². The quantitative estimate of drug-likeness (QED) is 0.537. The smallest absolute Gasteiger partial charge is 0.337 e. The number of ether oxygens (including phenoxy) is 1. The maximum absolute atomic E-state index is 12.7. The number of aromatic carboxylic acids is 1. The van der Waals surface area contributed by atoms with Crippen molar-refractivity contribution < 1.29 is 27.5 Å². The summed E-state index contributed by atoms with van der Waals surface area (Å²) in [4.78, 5) is 13.5. The normalized spacial score (nSPS) is 15.3. The Kier molecular flexibility index (Phi) is 7.14. The van der Waals surface area contributed by atoms with Crippen LogP contribution in [-0.4, -0.2) is 63.8 Å². The Morgan fingerprint density at radius 3 is 2.69 bits per heavy atom. The molecule has 0 unspecified atom stereocenters. The van der Waals surface area contributed by atoms with Crippen molar-refractivity contribution in [1.82, 2.24) is 9.62 Å². The minimum atomic E-state index is -3.97. The molecule has 0 bridgehead atoms. The van der Waals surface area contributed by atoms with Crippen molar-refractivity contribution >= 4 is 33.3 Å². The second-order valence-electron chi connectivity index (χ2n) is 6.42. The van der Waals surface area contributed by atoms with E-state index in [2.05, 4.69) is 14.9 Å². The molecular weight excluding hydrogens is 422 g/mol. The second kappa shape index (κ2) is 9.59. The van der Waals surface area contributed by atoms with Crippen LogP contribution in [0.5, 0.6) is 0 Å². The fraction of sp³-hybridized carbons (Fsp3) is 0.389. The summed E-state index contributed by atoms with van der Waals surface area (Å²) in [6.07, 6.45) is 1.50. The molecule has 0 saturated carbocycles. The minimum Gasteiger partial charge on any atom is -0.478 e. The monoisotopic (exact) mass is 443 g/mol. The molecule has 0 aliphatic carbocycles. The molecule has 3 rings (SSSR count). The number of benzene rings is 1. The molecule has 0 spiro atoms. The number of halogens is 1. The molecule has 11 heteroatoms. The number of nitrogens with one attached hydrogen (secondary N) is 2. The lowest BCUT2D eigenvalue weighted by molar-refractivity contribution is 0.0390. The van der Waals surface area contributed by atoms with Gasteiger partial charge in [-0.05, 0) is 24.3 Å². The largest absolute Gasteiger partial charge is 0.478 e. The molecule has 0 amide bonds. The highest BCUT2D eigenvalue weighted by Crippen LogP contribution is 2.29. The lowest BCUT2D eigenvalue weighted by Crippen LogP contribution is -2.41. The van der Waals surface area contributed by atoms with Crippen LogP contribution in [0.15, 0.2) is 39.8 Å². The Morgan fingerprint density at radius 1 is 1.28 bits per heavy atom. The third kappa shape index (κ3) is 5.71. The first kappa shape index (κ1) is 21.6. The fourth-order valence-electron chi connectivity index (χ4n) is 2.92. The van der Waals surface area contributed by atoms with Crippen LogP contribution in [-0.2, 0) is 21.3 Å². The molecular formula is C18H22ClN3O6S. The molecule has 1 aliphatic heterocycles. The SMILES string of the molecule is O=C(O)c1cc(S(=O)(=O)NCCN2CCOCC2)c(Cl)cc1NCc1ccco1. The lowest BCUT2D eigenvalue weighted by Gasteiger charge is -2.26. The average Bonchev–Trinajstić information content (AvgIpc) is 3.20. The molecule has 1 aromatic carbocycles. The van der Waals surface area contributed by atoms with Gasteiger partial charge in [0, 0.05) is 26.2 Å². The maximum Gasteiger partial charge on any atom is 0.337 e. The number of nitrogens with zero attached hydrogens (tertiary/aromatic N) is 1. The first-order chi connectivity index (χ1) is 13.9. The zero-order valence-corrected chi connectivity index (χ0v) is 17.1. The predicted octanol–water partition coefficient (Wildman–Crippen LogP) is 1.85. The highest BCUT2D eigenvalue weighted by atomic mass is 35.5. The van der Waals surface area contributed by atoms with E-state index < -0.39 is 16.0 Å². The summed E-state index contributed by atoms with van der Waals surface area (Å²) in [5.74, 6) is -0.674. The summed E-state index contributed by atoms with van der Waals surface area (Å²) in [7, 11) is -3.97. The van der Waals surface area contributed by atoms with Crippen molar-refractivity contribution in [3.63, 3.8) is 0 Å². The highest BCUT2D eigenvalue weighted by molar-refractivity contribution is 7.89. The summed E-state index contributed by atoms with van der Waals surface area (Å²) >= 11 is 6.18. The Hall–Kier alpha value is -2.11. The van der Waals surface area contributed by atoms with E-state index in [0.717, 1.165) is 19.2 Å². The van der Waals surface area contributed by atoms with Crippen molar-refractivity contribution in [1.29, 1.82) is 0 Å². The highest BCUT2D eigenvalue weighted by Gasteiger charge is 2.23. The molecule has 0 radical (unpaired) electrons. The van der Waals surface area contributed by atoms with Crippen molar-refractivity contribution in [3.05, 3.63) is 46.9 Å². The van der Waals surface area contributed by atoms with Crippen LogP contribution in [0.2, 0.25) is 5.02 Å². The summed E-state index contributed by atoms with van der Waals surface area (Å²) in [5, 5.41) is 12.3. The van der Waals surface area contributed by atoms with Crippen LogP contribution >= 0.6 is 11.6 Å². The van der Waals surface area contributed by atoms with Gasteiger partial charge in [-0.25, -0.2) is 17.9 Å². The van der Waals surface area contributed by atoms with Gasteiger partial charge in [0.15, 0.2) is 0 Å². The van der Waals surface area contributed by atoms with Gasteiger partial charge in [0.05, 0.1) is 42.3 Å². The van der Waals surface area contributed by atoms with Crippen LogP contribution in [0.3, 0.4) is 0 Å². The number of furan rings is 1. The Labute approximate surface area is 173 Å². The summed E-state index contributed by atoms with van der Waals surface area (Å²) in [5.41, 5.74) is 0.000627.